The smallest absolute Gasteiger partial charge is 0.205 e. The second kappa shape index (κ2) is 5.72. The number of allylic oxidation sites excluding steroid dienone is 2. The minimum absolute atomic E-state index is 0.0266. The molecule has 2 aromatic rings. The number of aromatic nitrogens is 1. The molecule has 2 N–H and O–H groups in total. The number of ether oxygens (including phenoxy) is 1. The zero-order valence-corrected chi connectivity index (χ0v) is 12.2. The van der Waals surface area contributed by atoms with Gasteiger partial charge in [-0.25, -0.2) is 0 Å². The maximum atomic E-state index is 9.62. The average molecular weight is 306 g/mol. The van der Waals surface area contributed by atoms with Crippen LogP contribution in [0.4, 0.5) is 0 Å². The molecule has 0 aliphatic carbocycles. The Hall–Kier alpha value is -3.09. The first kappa shape index (κ1) is 13.9. The third-order valence-electron chi connectivity index (χ3n) is 3.29. The normalized spacial score (nSPS) is 17.6. The van der Waals surface area contributed by atoms with E-state index in [4.69, 9.17) is 10.5 Å². The Morgan fingerprint density at radius 2 is 2.00 bits per heavy atom. The Bertz CT molecular complexity index is 839. The van der Waals surface area contributed by atoms with Gasteiger partial charge in [-0.1, -0.05) is 6.07 Å². The van der Waals surface area contributed by atoms with E-state index in [9.17, 15) is 10.5 Å². The fraction of sp³-hybridized carbons (Fsp3) is 0.0625. The van der Waals surface area contributed by atoms with Gasteiger partial charge in [0, 0.05) is 22.8 Å². The van der Waals surface area contributed by atoms with Crippen molar-refractivity contribution < 1.29 is 4.74 Å². The summed E-state index contributed by atoms with van der Waals surface area (Å²) in [6.07, 6.45) is 3.23. The van der Waals surface area contributed by atoms with E-state index in [1.165, 1.54) is 11.3 Å². The van der Waals surface area contributed by atoms with Gasteiger partial charge in [-0.3, -0.25) is 4.98 Å². The Morgan fingerprint density at radius 1 is 1.18 bits per heavy atom. The van der Waals surface area contributed by atoms with E-state index in [-0.39, 0.29) is 11.5 Å². The first-order chi connectivity index (χ1) is 10.8. The lowest BCUT2D eigenvalue weighted by Gasteiger charge is -2.24. The molecule has 2 aromatic heterocycles. The molecule has 0 spiro atoms. The molecule has 6 heteroatoms. The molecule has 3 rings (SSSR count). The molecule has 0 fully saturated rings. The average Bonchev–Trinajstić information content (AvgIpc) is 3.08. The van der Waals surface area contributed by atoms with Gasteiger partial charge < -0.3 is 10.5 Å². The summed E-state index contributed by atoms with van der Waals surface area (Å²) < 4.78 is 5.56. The van der Waals surface area contributed by atoms with Gasteiger partial charge in [-0.2, -0.15) is 10.5 Å². The quantitative estimate of drug-likeness (QED) is 0.920. The molecule has 1 atom stereocenters. The van der Waals surface area contributed by atoms with Crippen LogP contribution in [-0.4, -0.2) is 4.98 Å². The number of nitrogens with zero attached hydrogens (tertiary/aromatic N) is 3. The highest BCUT2D eigenvalue weighted by Gasteiger charge is 2.34. The molecule has 0 radical (unpaired) electrons. The highest BCUT2D eigenvalue weighted by Crippen LogP contribution is 2.42. The number of hydrogen-bond acceptors (Lipinski definition) is 6. The van der Waals surface area contributed by atoms with Crippen molar-refractivity contribution in [3.05, 3.63) is 69.5 Å². The molecule has 0 aromatic carbocycles. The van der Waals surface area contributed by atoms with Crippen LogP contribution in [-0.2, 0) is 4.74 Å². The zero-order chi connectivity index (χ0) is 15.5. The highest BCUT2D eigenvalue weighted by atomic mass is 32.1. The SMILES string of the molecule is N#CC1=C(N)OC(c2cccnc2)=C(C#N)[C@@H]1c1cccs1. The van der Waals surface area contributed by atoms with Crippen molar-refractivity contribution in [1.29, 1.82) is 10.5 Å². The Kier molecular flexibility index (Phi) is 3.61. The number of nitriles is 2. The molecule has 106 valence electrons. The molecule has 22 heavy (non-hydrogen) atoms. The van der Waals surface area contributed by atoms with Crippen molar-refractivity contribution in [2.75, 3.05) is 0 Å². The maximum Gasteiger partial charge on any atom is 0.205 e. The van der Waals surface area contributed by atoms with Crippen molar-refractivity contribution in [3.8, 4) is 12.1 Å². The lowest BCUT2D eigenvalue weighted by atomic mass is 9.87. The van der Waals surface area contributed by atoms with Gasteiger partial charge >= 0.3 is 0 Å². The summed E-state index contributed by atoms with van der Waals surface area (Å²) >= 11 is 1.47. The predicted octanol–water partition coefficient (Wildman–Crippen LogP) is 2.89. The molecule has 0 saturated carbocycles. The molecule has 0 bridgehead atoms. The van der Waals surface area contributed by atoms with Gasteiger partial charge in [0.2, 0.25) is 5.88 Å². The van der Waals surface area contributed by atoms with E-state index in [1.54, 1.807) is 24.5 Å². The molecular formula is C16H10N4OS. The first-order valence-electron chi connectivity index (χ1n) is 6.42. The summed E-state index contributed by atoms with van der Waals surface area (Å²) in [7, 11) is 0. The van der Waals surface area contributed by atoms with E-state index < -0.39 is 5.92 Å². The molecule has 0 amide bonds. The van der Waals surface area contributed by atoms with Gasteiger partial charge in [-0.15, -0.1) is 11.3 Å². The molecular weight excluding hydrogens is 296 g/mol. The van der Waals surface area contributed by atoms with Gasteiger partial charge in [0.1, 0.15) is 11.6 Å². The molecule has 0 unspecified atom stereocenters. The lowest BCUT2D eigenvalue weighted by molar-refractivity contribution is 0.357. The standard InChI is InChI=1S/C16H10N4OS/c17-7-11-14(13-4-2-6-22-13)12(8-18)16(19)21-15(11)10-3-1-5-20-9-10/h1-6,9,14H,19H2/t14-/m0/s1. The number of rotatable bonds is 2. The van der Waals surface area contributed by atoms with E-state index in [0.717, 1.165) is 4.88 Å². The predicted molar refractivity (Wildman–Crippen MR) is 81.7 cm³/mol. The summed E-state index contributed by atoms with van der Waals surface area (Å²) in [6, 6.07) is 11.5. The zero-order valence-electron chi connectivity index (χ0n) is 11.4. The fourth-order valence-electron chi connectivity index (χ4n) is 2.32. The number of thiophene rings is 1. The Morgan fingerprint density at radius 3 is 2.59 bits per heavy atom. The molecule has 5 nitrogen and oxygen atoms in total. The molecule has 1 aliphatic heterocycles. The van der Waals surface area contributed by atoms with Gasteiger partial charge in [0.25, 0.3) is 0 Å². The minimum Gasteiger partial charge on any atom is -0.439 e. The van der Waals surface area contributed by atoms with Gasteiger partial charge in [0.15, 0.2) is 5.76 Å². The minimum atomic E-state index is -0.501. The third kappa shape index (κ3) is 2.22. The highest BCUT2D eigenvalue weighted by molar-refractivity contribution is 7.10. The summed E-state index contributed by atoms with van der Waals surface area (Å²) in [6.45, 7) is 0. The first-order valence-corrected chi connectivity index (χ1v) is 7.30. The number of hydrogen-bond donors (Lipinski definition) is 1. The summed E-state index contributed by atoms with van der Waals surface area (Å²) in [5.41, 5.74) is 7.18. The van der Waals surface area contributed by atoms with Crippen LogP contribution in [0.3, 0.4) is 0 Å². The van der Waals surface area contributed by atoms with E-state index >= 15 is 0 Å². The fourth-order valence-corrected chi connectivity index (χ4v) is 3.17. The van der Waals surface area contributed by atoms with Crippen molar-refractivity contribution >= 4 is 17.1 Å². The van der Waals surface area contributed by atoms with Crippen molar-refractivity contribution in [1.82, 2.24) is 4.98 Å². The molecule has 0 saturated heterocycles. The van der Waals surface area contributed by atoms with Crippen LogP contribution in [0.2, 0.25) is 0 Å². The largest absolute Gasteiger partial charge is 0.439 e. The van der Waals surface area contributed by atoms with E-state index in [0.29, 0.717) is 16.9 Å². The van der Waals surface area contributed by atoms with Crippen molar-refractivity contribution in [2.45, 2.75) is 5.92 Å². The second-order valence-corrected chi connectivity index (χ2v) is 5.52. The van der Waals surface area contributed by atoms with Crippen LogP contribution < -0.4 is 5.73 Å². The monoisotopic (exact) mass is 306 g/mol. The van der Waals surface area contributed by atoms with Crippen LogP contribution >= 0.6 is 11.3 Å². The maximum absolute atomic E-state index is 9.62. The molecule has 1 aliphatic rings. The Balaban J connectivity index is 2.23. The molecule has 3 heterocycles. The van der Waals surface area contributed by atoms with E-state index in [1.807, 2.05) is 17.5 Å². The summed E-state index contributed by atoms with van der Waals surface area (Å²) in [5, 5.41) is 20.9. The van der Waals surface area contributed by atoms with Crippen LogP contribution in [0, 0.1) is 22.7 Å². The third-order valence-corrected chi connectivity index (χ3v) is 4.23. The van der Waals surface area contributed by atoms with Gasteiger partial charge in [-0.05, 0) is 23.6 Å². The van der Waals surface area contributed by atoms with Crippen LogP contribution in [0.25, 0.3) is 5.76 Å². The van der Waals surface area contributed by atoms with Crippen LogP contribution in [0.1, 0.15) is 16.4 Å². The summed E-state index contributed by atoms with van der Waals surface area (Å²) in [4.78, 5) is 4.91. The lowest BCUT2D eigenvalue weighted by Crippen LogP contribution is -2.19. The van der Waals surface area contributed by atoms with Crippen LogP contribution in [0.5, 0.6) is 0 Å². The number of pyridine rings is 1. The van der Waals surface area contributed by atoms with Crippen molar-refractivity contribution in [3.63, 3.8) is 0 Å². The van der Waals surface area contributed by atoms with Crippen LogP contribution in [0.15, 0.2) is 59.1 Å². The van der Waals surface area contributed by atoms with Gasteiger partial charge in [0.05, 0.1) is 17.6 Å². The Labute approximate surface area is 131 Å². The van der Waals surface area contributed by atoms with Crippen molar-refractivity contribution in [2.24, 2.45) is 5.73 Å². The van der Waals surface area contributed by atoms with E-state index in [2.05, 4.69) is 17.1 Å². The number of nitrogens with two attached hydrogens (primary N) is 1. The topological polar surface area (TPSA) is 95.7 Å². The second-order valence-electron chi connectivity index (χ2n) is 4.54. The summed E-state index contributed by atoms with van der Waals surface area (Å²) in [5.74, 6) is -0.122.